The highest BCUT2D eigenvalue weighted by atomic mass is 19.1. The summed E-state index contributed by atoms with van der Waals surface area (Å²) in [5, 5.41) is 26.0. The number of anilines is 1. The highest BCUT2D eigenvalue weighted by Crippen LogP contribution is 2.49. The van der Waals surface area contributed by atoms with Gasteiger partial charge in [0.15, 0.2) is 5.82 Å². The van der Waals surface area contributed by atoms with Gasteiger partial charge in [-0.15, -0.1) is 6.42 Å². The van der Waals surface area contributed by atoms with E-state index < -0.39 is 11.6 Å². The quantitative estimate of drug-likeness (QED) is 0.235. The molecule has 0 amide bonds. The van der Waals surface area contributed by atoms with Gasteiger partial charge in [0.2, 0.25) is 0 Å². The van der Waals surface area contributed by atoms with Crippen molar-refractivity contribution in [3.05, 3.63) is 53.6 Å². The molecule has 3 saturated heterocycles. The number of nitrogens with one attached hydrogen (secondary N) is 1. The zero-order chi connectivity index (χ0) is 32.7. The van der Waals surface area contributed by atoms with Gasteiger partial charge < -0.3 is 30.1 Å². The van der Waals surface area contributed by atoms with Gasteiger partial charge in [-0.25, -0.2) is 8.78 Å². The third-order valence-electron chi connectivity index (χ3n) is 11.7. The summed E-state index contributed by atoms with van der Waals surface area (Å²) >= 11 is 0. The second-order valence-corrected chi connectivity index (χ2v) is 14.9. The van der Waals surface area contributed by atoms with E-state index in [0.29, 0.717) is 53.7 Å². The second kappa shape index (κ2) is 11.3. The maximum atomic E-state index is 16.9. The number of phenolic OH excluding ortho intramolecular Hbond substituents is 1. The molecule has 10 heteroatoms. The van der Waals surface area contributed by atoms with Gasteiger partial charge in [0, 0.05) is 78.0 Å². The van der Waals surface area contributed by atoms with Crippen molar-refractivity contribution in [3.63, 3.8) is 0 Å². The molecule has 3 N–H and O–H groups in total. The van der Waals surface area contributed by atoms with Crippen molar-refractivity contribution in [3.8, 4) is 35.2 Å². The van der Waals surface area contributed by atoms with Crippen molar-refractivity contribution in [2.24, 2.45) is 17.3 Å². The molecule has 2 bridgehead atoms. The lowest BCUT2D eigenvalue weighted by Gasteiger charge is -2.34. The molecular formula is C38H39F2N5O3. The molecule has 248 valence electrons. The topological polar surface area (TPSA) is 94.0 Å². The van der Waals surface area contributed by atoms with Crippen LogP contribution in [0.2, 0.25) is 0 Å². The fourth-order valence-electron chi connectivity index (χ4n) is 9.09. The van der Waals surface area contributed by atoms with E-state index in [1.165, 1.54) is 18.2 Å². The number of halogens is 2. The number of aromatic nitrogens is 2. The van der Waals surface area contributed by atoms with Gasteiger partial charge in [0.25, 0.3) is 0 Å². The summed E-state index contributed by atoms with van der Waals surface area (Å²) in [5.41, 5.74) is 0.266. The maximum Gasteiger partial charge on any atom is 0.319 e. The Kier molecular flexibility index (Phi) is 7.05. The molecule has 5 atom stereocenters. The number of terminal acetylenes is 1. The van der Waals surface area contributed by atoms with Crippen molar-refractivity contribution in [2.75, 3.05) is 44.2 Å². The van der Waals surface area contributed by atoms with Crippen LogP contribution in [0.15, 0.2) is 36.4 Å². The van der Waals surface area contributed by atoms with Gasteiger partial charge in [-0.05, 0) is 74.1 Å². The minimum atomic E-state index is -0.848. The van der Waals surface area contributed by atoms with Crippen LogP contribution in [-0.4, -0.2) is 82.6 Å². The van der Waals surface area contributed by atoms with Crippen LogP contribution in [0.4, 0.5) is 14.6 Å². The molecule has 48 heavy (non-hydrogen) atoms. The summed E-state index contributed by atoms with van der Waals surface area (Å²) in [6.45, 7) is 4.56. The van der Waals surface area contributed by atoms with Crippen LogP contribution in [0.3, 0.4) is 0 Å². The Labute approximate surface area is 278 Å². The Bertz CT molecular complexity index is 1980. The number of piperazine rings is 1. The number of ether oxygens (including phenoxy) is 1. The molecular weight excluding hydrogens is 612 g/mol. The number of aliphatic hydroxyl groups excluding tert-OH is 1. The molecule has 4 aromatic rings. The monoisotopic (exact) mass is 651 g/mol. The lowest BCUT2D eigenvalue weighted by atomic mass is 9.93. The molecule has 3 aromatic carbocycles. The molecule has 2 saturated carbocycles. The number of nitrogens with zero attached hydrogens (tertiary/aromatic N) is 4. The van der Waals surface area contributed by atoms with Crippen molar-refractivity contribution in [1.29, 1.82) is 0 Å². The van der Waals surface area contributed by atoms with Crippen LogP contribution in [-0.2, 0) is 0 Å². The van der Waals surface area contributed by atoms with E-state index in [4.69, 9.17) is 16.1 Å². The van der Waals surface area contributed by atoms with Gasteiger partial charge >= 0.3 is 6.01 Å². The van der Waals surface area contributed by atoms with Crippen LogP contribution in [0.1, 0.15) is 44.1 Å². The normalized spacial score (nSPS) is 27.5. The van der Waals surface area contributed by atoms with Crippen molar-refractivity contribution >= 4 is 27.5 Å². The smallest absolute Gasteiger partial charge is 0.319 e. The van der Waals surface area contributed by atoms with E-state index in [1.54, 1.807) is 18.2 Å². The molecule has 1 aromatic heterocycles. The molecule has 4 heterocycles. The summed E-state index contributed by atoms with van der Waals surface area (Å²) in [6.07, 6.45) is 11.7. The summed E-state index contributed by atoms with van der Waals surface area (Å²) in [4.78, 5) is 14.0. The Morgan fingerprint density at radius 2 is 1.83 bits per heavy atom. The first kappa shape index (κ1) is 30.1. The van der Waals surface area contributed by atoms with E-state index in [0.717, 1.165) is 58.2 Å². The van der Waals surface area contributed by atoms with Gasteiger partial charge in [-0.2, -0.15) is 9.97 Å². The first-order chi connectivity index (χ1) is 23.3. The Morgan fingerprint density at radius 1 is 1.02 bits per heavy atom. The third-order valence-corrected chi connectivity index (χ3v) is 11.7. The first-order valence-electron chi connectivity index (χ1n) is 17.2. The van der Waals surface area contributed by atoms with E-state index in [9.17, 15) is 10.2 Å². The SMILES string of the molecule is C#Cc1cccc2cc(O)cc(-c3c(F)cc4c(N5CC6CCC(C5)N6)nc(OCC5(CN6CC7CCC(O)C7C6)CC5)nc4c3F)c12. The molecule has 0 radical (unpaired) electrons. The summed E-state index contributed by atoms with van der Waals surface area (Å²) in [5.74, 6) is 2.26. The molecule has 3 aliphatic heterocycles. The molecule has 8 nitrogen and oxygen atoms in total. The van der Waals surface area contributed by atoms with Crippen LogP contribution >= 0.6 is 0 Å². The number of aromatic hydroxyl groups is 1. The number of phenols is 1. The number of fused-ring (bicyclic) bond motifs is 5. The average Bonchev–Trinajstić information content (AvgIpc) is 3.39. The number of hydrogen-bond donors (Lipinski definition) is 3. The molecule has 5 aliphatic rings. The Morgan fingerprint density at radius 3 is 2.58 bits per heavy atom. The minimum absolute atomic E-state index is 0.0295. The summed E-state index contributed by atoms with van der Waals surface area (Å²) in [6, 6.07) is 10.1. The Hall–Kier alpha value is -4.04. The van der Waals surface area contributed by atoms with Crippen molar-refractivity contribution < 1.29 is 23.7 Å². The van der Waals surface area contributed by atoms with E-state index in [2.05, 4.69) is 26.0 Å². The average molecular weight is 652 g/mol. The predicted octanol–water partition coefficient (Wildman–Crippen LogP) is 5.22. The van der Waals surface area contributed by atoms with Gasteiger partial charge in [0.1, 0.15) is 22.9 Å². The fraction of sp³-hybridized carbons (Fsp3) is 0.474. The fourth-order valence-corrected chi connectivity index (χ4v) is 9.09. The molecule has 5 fully saturated rings. The predicted molar refractivity (Wildman–Crippen MR) is 180 cm³/mol. The summed E-state index contributed by atoms with van der Waals surface area (Å²) < 4.78 is 39.6. The number of hydrogen-bond acceptors (Lipinski definition) is 8. The van der Waals surface area contributed by atoms with Crippen molar-refractivity contribution in [2.45, 2.75) is 56.7 Å². The van der Waals surface area contributed by atoms with E-state index >= 15 is 8.78 Å². The number of aliphatic hydroxyl groups is 1. The largest absolute Gasteiger partial charge is 0.508 e. The van der Waals surface area contributed by atoms with E-state index in [-0.39, 0.29) is 57.4 Å². The standard InChI is InChI=1S/C38H39F2N5O3/c1-2-21-4-3-5-22-12-26(46)13-27(32(21)22)33-30(39)14-28-35(34(33)40)42-37(43-36(28)45-16-24-7-8-25(17-45)41-24)48-20-38(10-11-38)19-44-15-23-6-9-31(47)29(23)18-44/h1,3-5,12-14,23-25,29,31,41,46-47H,6-11,15-20H2. The molecule has 2 aliphatic carbocycles. The maximum absolute atomic E-state index is 16.9. The van der Waals surface area contributed by atoms with Crippen LogP contribution in [0.5, 0.6) is 11.8 Å². The molecule has 5 unspecified atom stereocenters. The number of rotatable bonds is 7. The van der Waals surface area contributed by atoms with Gasteiger partial charge in [-0.1, -0.05) is 18.1 Å². The lowest BCUT2D eigenvalue weighted by Crippen LogP contribution is -2.51. The Balaban J connectivity index is 1.11. The lowest BCUT2D eigenvalue weighted by molar-refractivity contribution is 0.116. The third kappa shape index (κ3) is 5.06. The highest BCUT2D eigenvalue weighted by Gasteiger charge is 2.49. The second-order valence-electron chi connectivity index (χ2n) is 14.9. The zero-order valence-electron chi connectivity index (χ0n) is 26.8. The highest BCUT2D eigenvalue weighted by molar-refractivity contribution is 6.04. The zero-order valence-corrected chi connectivity index (χ0v) is 26.8. The van der Waals surface area contributed by atoms with Crippen LogP contribution in [0.25, 0.3) is 32.8 Å². The number of likely N-dealkylation sites (tertiary alicyclic amines) is 1. The summed E-state index contributed by atoms with van der Waals surface area (Å²) in [7, 11) is 0. The first-order valence-corrected chi connectivity index (χ1v) is 17.2. The van der Waals surface area contributed by atoms with E-state index in [1.807, 2.05) is 0 Å². The van der Waals surface area contributed by atoms with Gasteiger partial charge in [-0.3, -0.25) is 0 Å². The minimum Gasteiger partial charge on any atom is -0.508 e. The number of benzene rings is 3. The molecule has 9 rings (SSSR count). The van der Waals surface area contributed by atoms with Gasteiger partial charge in [0.05, 0.1) is 18.3 Å². The van der Waals surface area contributed by atoms with Crippen LogP contribution < -0.4 is 15.0 Å². The molecule has 0 spiro atoms. The van der Waals surface area contributed by atoms with Crippen molar-refractivity contribution in [1.82, 2.24) is 20.2 Å². The van der Waals surface area contributed by atoms with Crippen LogP contribution in [0, 0.1) is 41.2 Å².